The van der Waals surface area contributed by atoms with Gasteiger partial charge in [-0.25, -0.2) is 0 Å². The zero-order valence-corrected chi connectivity index (χ0v) is 23.9. The van der Waals surface area contributed by atoms with Crippen LogP contribution in [0.2, 0.25) is 0 Å². The Morgan fingerprint density at radius 2 is 1.82 bits per heavy atom. The first-order valence-corrected chi connectivity index (χ1v) is 13.9. The summed E-state index contributed by atoms with van der Waals surface area (Å²) in [5.74, 6) is -3.33. The smallest absolute Gasteiger partial charge is 0.313 e. The Morgan fingerprint density at radius 3 is 2.49 bits per heavy atom. The molecule has 216 valence electrons. The Hall–Kier alpha value is -2.72. The third-order valence-corrected chi connectivity index (χ3v) is 8.08. The molecule has 6 atom stereocenters. The highest BCUT2D eigenvalue weighted by Gasteiger charge is 2.73. The SMILES string of the molecule is C[C@@H]1CNC(=O)CC/C=C\CN(C(C)(C)CC(C)(C)C)C(=O)[C@@H]2N(CCO)C(=O)[C@H]3[C@H](C(=O)O1)[C@@H]1C=C[C@]23O1. The molecular weight excluding hydrogens is 502 g/mol. The Bertz CT molecular complexity index is 1060. The highest BCUT2D eigenvalue weighted by atomic mass is 16.6. The number of carbonyl (C=O) groups is 4. The number of rotatable bonds is 4. The number of amides is 3. The molecule has 0 unspecified atom stereocenters. The van der Waals surface area contributed by atoms with Crippen LogP contribution in [0.1, 0.15) is 60.8 Å². The topological polar surface area (TPSA) is 125 Å². The number of cyclic esters (lactones) is 1. The van der Waals surface area contributed by atoms with Crippen LogP contribution in [0.15, 0.2) is 24.3 Å². The van der Waals surface area contributed by atoms with Gasteiger partial charge in [-0.05, 0) is 39.0 Å². The average Bonchev–Trinajstić information content (AvgIpc) is 3.45. The van der Waals surface area contributed by atoms with Gasteiger partial charge in [-0.1, -0.05) is 45.1 Å². The van der Waals surface area contributed by atoms with Crippen molar-refractivity contribution in [3.8, 4) is 0 Å². The van der Waals surface area contributed by atoms with E-state index in [4.69, 9.17) is 9.47 Å². The summed E-state index contributed by atoms with van der Waals surface area (Å²) >= 11 is 0. The summed E-state index contributed by atoms with van der Waals surface area (Å²) in [5.41, 5.74) is -2.02. The number of esters is 1. The molecule has 2 saturated heterocycles. The molecule has 0 aromatic rings. The van der Waals surface area contributed by atoms with Crippen LogP contribution in [0.25, 0.3) is 0 Å². The number of nitrogens with zero attached hydrogens (tertiary/aromatic N) is 2. The average molecular weight is 546 g/mol. The normalized spacial score (nSPS) is 34.8. The van der Waals surface area contributed by atoms with E-state index < -0.39 is 53.1 Å². The summed E-state index contributed by atoms with van der Waals surface area (Å²) < 4.78 is 12.0. The van der Waals surface area contributed by atoms with Gasteiger partial charge in [0.2, 0.25) is 17.7 Å². The van der Waals surface area contributed by atoms with Crippen molar-refractivity contribution in [2.24, 2.45) is 17.3 Å². The Labute approximate surface area is 230 Å². The molecule has 4 aliphatic heterocycles. The summed E-state index contributed by atoms with van der Waals surface area (Å²) in [6, 6.07) is -1.04. The lowest BCUT2D eigenvalue weighted by Gasteiger charge is -2.45. The van der Waals surface area contributed by atoms with Gasteiger partial charge in [0.05, 0.1) is 25.2 Å². The molecule has 1 spiro atoms. The summed E-state index contributed by atoms with van der Waals surface area (Å²) in [6.45, 7) is 12.1. The number of fused-ring (bicyclic) bond motifs is 2. The van der Waals surface area contributed by atoms with Crippen LogP contribution in [0, 0.1) is 17.3 Å². The lowest BCUT2D eigenvalue weighted by molar-refractivity contribution is -0.159. The van der Waals surface area contributed by atoms with E-state index in [9.17, 15) is 24.3 Å². The minimum absolute atomic E-state index is 0.0526. The Balaban J connectivity index is 1.79. The van der Waals surface area contributed by atoms with E-state index in [0.29, 0.717) is 12.8 Å². The van der Waals surface area contributed by atoms with Crippen LogP contribution in [0.5, 0.6) is 0 Å². The second-order valence-corrected chi connectivity index (χ2v) is 13.0. The van der Waals surface area contributed by atoms with Crippen molar-refractivity contribution in [2.75, 3.05) is 26.2 Å². The molecule has 0 saturated carbocycles. The summed E-state index contributed by atoms with van der Waals surface area (Å²) in [5, 5.41) is 12.7. The van der Waals surface area contributed by atoms with E-state index in [1.165, 1.54) is 4.90 Å². The number of aliphatic hydroxyl groups is 1. The minimum atomic E-state index is -1.33. The second kappa shape index (κ2) is 10.7. The highest BCUT2D eigenvalue weighted by molar-refractivity contribution is 5.99. The molecule has 0 aliphatic carbocycles. The van der Waals surface area contributed by atoms with Gasteiger partial charge in [-0.3, -0.25) is 19.2 Å². The number of likely N-dealkylation sites (tertiary alicyclic amines) is 1. The molecule has 2 fully saturated rings. The maximum absolute atomic E-state index is 14.6. The summed E-state index contributed by atoms with van der Waals surface area (Å²) in [6.07, 6.45) is 7.40. The van der Waals surface area contributed by atoms with Gasteiger partial charge < -0.3 is 29.7 Å². The lowest BCUT2D eigenvalue weighted by atomic mass is 9.74. The number of hydrogen-bond acceptors (Lipinski definition) is 7. The van der Waals surface area contributed by atoms with Gasteiger partial charge in [0.15, 0.2) is 0 Å². The van der Waals surface area contributed by atoms with E-state index in [1.807, 2.05) is 26.0 Å². The van der Waals surface area contributed by atoms with E-state index in [0.717, 1.165) is 0 Å². The van der Waals surface area contributed by atoms with Crippen molar-refractivity contribution in [1.29, 1.82) is 0 Å². The predicted molar refractivity (Wildman–Crippen MR) is 143 cm³/mol. The van der Waals surface area contributed by atoms with Crippen molar-refractivity contribution in [2.45, 2.75) is 90.2 Å². The van der Waals surface area contributed by atoms with Crippen molar-refractivity contribution in [3.05, 3.63) is 24.3 Å². The molecule has 3 amide bonds. The number of carbonyl (C=O) groups excluding carboxylic acids is 4. The third kappa shape index (κ3) is 5.50. The van der Waals surface area contributed by atoms with Gasteiger partial charge in [0.1, 0.15) is 23.7 Å². The molecule has 10 nitrogen and oxygen atoms in total. The third-order valence-electron chi connectivity index (χ3n) is 8.08. The minimum Gasteiger partial charge on any atom is -0.460 e. The van der Waals surface area contributed by atoms with Gasteiger partial charge in [0.25, 0.3) is 0 Å². The fourth-order valence-corrected chi connectivity index (χ4v) is 6.92. The Kier molecular flexibility index (Phi) is 8.02. The van der Waals surface area contributed by atoms with Crippen LogP contribution in [-0.4, -0.2) is 94.2 Å². The number of nitrogens with one attached hydrogen (secondary N) is 1. The Morgan fingerprint density at radius 1 is 1.10 bits per heavy atom. The fourth-order valence-electron chi connectivity index (χ4n) is 6.92. The monoisotopic (exact) mass is 545 g/mol. The summed E-state index contributed by atoms with van der Waals surface area (Å²) in [4.78, 5) is 57.3. The molecular formula is C29H43N3O7. The van der Waals surface area contributed by atoms with E-state index >= 15 is 0 Å². The molecule has 4 heterocycles. The van der Waals surface area contributed by atoms with Gasteiger partial charge in [-0.15, -0.1) is 0 Å². The largest absolute Gasteiger partial charge is 0.460 e. The first-order valence-electron chi connectivity index (χ1n) is 13.9. The molecule has 10 heteroatoms. The second-order valence-electron chi connectivity index (χ2n) is 13.0. The molecule has 2 N–H and O–H groups in total. The number of aliphatic hydroxyl groups excluding tert-OH is 1. The molecule has 5 bridgehead atoms. The van der Waals surface area contributed by atoms with E-state index in [-0.39, 0.29) is 49.9 Å². The number of β-amino-alcohol motifs (C(OH)–C–C–N with tert-alkyl or cyclic N) is 1. The highest BCUT2D eigenvalue weighted by Crippen LogP contribution is 2.56. The standard InChI is InChI=1S/C29H43N3O7/c1-18-16-30-20(34)10-8-7-9-13-32(28(5,6)17-27(2,3)4)25(36)23-29-12-11-19(39-29)21(26(37)38-18)22(29)24(35)31(23)14-15-33/h7,9,11-12,18-19,21-23,33H,8,10,13-17H2,1-6H3,(H,30,34)/b9-7-/t18-,19+,21-,22-,23+,29-/m1/s1. The molecule has 0 aromatic carbocycles. The maximum atomic E-state index is 14.6. The van der Waals surface area contributed by atoms with Crippen LogP contribution in [0.4, 0.5) is 0 Å². The van der Waals surface area contributed by atoms with Crippen molar-refractivity contribution in [1.82, 2.24) is 15.1 Å². The van der Waals surface area contributed by atoms with Crippen molar-refractivity contribution < 1.29 is 33.8 Å². The van der Waals surface area contributed by atoms with Crippen molar-refractivity contribution >= 4 is 23.7 Å². The quantitative estimate of drug-likeness (QED) is 0.406. The van der Waals surface area contributed by atoms with Crippen LogP contribution < -0.4 is 5.32 Å². The first kappa shape index (κ1) is 29.3. The molecule has 0 radical (unpaired) electrons. The van der Waals surface area contributed by atoms with Crippen LogP contribution >= 0.6 is 0 Å². The van der Waals surface area contributed by atoms with Crippen LogP contribution in [0.3, 0.4) is 0 Å². The van der Waals surface area contributed by atoms with Crippen molar-refractivity contribution in [3.63, 3.8) is 0 Å². The van der Waals surface area contributed by atoms with E-state index in [2.05, 4.69) is 26.1 Å². The number of ether oxygens (including phenoxy) is 2. The molecule has 0 aromatic heterocycles. The van der Waals surface area contributed by atoms with Gasteiger partial charge >= 0.3 is 5.97 Å². The number of hydrogen-bond donors (Lipinski definition) is 2. The molecule has 4 aliphatic rings. The molecule has 4 rings (SSSR count). The van der Waals surface area contributed by atoms with Gasteiger partial charge in [0, 0.05) is 25.0 Å². The number of allylic oxidation sites excluding steroid dienone is 1. The lowest BCUT2D eigenvalue weighted by Crippen LogP contribution is -2.61. The summed E-state index contributed by atoms with van der Waals surface area (Å²) in [7, 11) is 0. The fraction of sp³-hybridized carbons (Fsp3) is 0.724. The van der Waals surface area contributed by atoms with E-state index in [1.54, 1.807) is 24.0 Å². The van der Waals surface area contributed by atoms with Gasteiger partial charge in [-0.2, -0.15) is 0 Å². The zero-order valence-electron chi connectivity index (χ0n) is 23.9. The molecule has 39 heavy (non-hydrogen) atoms. The first-order chi connectivity index (χ1) is 18.2. The zero-order chi connectivity index (χ0) is 28.8. The van der Waals surface area contributed by atoms with Crippen LogP contribution in [-0.2, 0) is 28.7 Å². The predicted octanol–water partition coefficient (Wildman–Crippen LogP) is 1.57. The maximum Gasteiger partial charge on any atom is 0.313 e.